The van der Waals surface area contributed by atoms with Crippen molar-refractivity contribution >= 4 is 15.7 Å². The molecule has 0 aliphatic rings. The molecule has 2 rings (SSSR count). The van der Waals surface area contributed by atoms with Gasteiger partial charge in [0, 0.05) is 12.6 Å². The first-order valence-electron chi connectivity index (χ1n) is 7.76. The van der Waals surface area contributed by atoms with Crippen molar-refractivity contribution in [2.75, 3.05) is 13.7 Å². The van der Waals surface area contributed by atoms with Gasteiger partial charge in [-0.25, -0.2) is 13.1 Å². The van der Waals surface area contributed by atoms with Crippen LogP contribution in [-0.2, 0) is 10.0 Å². The van der Waals surface area contributed by atoms with E-state index < -0.39 is 14.9 Å². The highest BCUT2D eigenvalue weighted by Gasteiger charge is 2.23. The van der Waals surface area contributed by atoms with Gasteiger partial charge in [0.1, 0.15) is 0 Å². The molecule has 1 atom stereocenters. The van der Waals surface area contributed by atoms with Gasteiger partial charge in [-0.3, -0.25) is 10.1 Å². The fourth-order valence-corrected chi connectivity index (χ4v) is 3.60. The molecule has 1 N–H and O–H groups in total. The average molecular weight is 364 g/mol. The van der Waals surface area contributed by atoms with E-state index in [-0.39, 0.29) is 28.8 Å². The van der Waals surface area contributed by atoms with Crippen molar-refractivity contribution < 1.29 is 18.1 Å². The van der Waals surface area contributed by atoms with Crippen LogP contribution in [0.15, 0.2) is 53.4 Å². The number of hydrogen-bond donors (Lipinski definition) is 1. The molecule has 2 aromatic carbocycles. The quantitative estimate of drug-likeness (QED) is 0.573. The standard InChI is InChI=1S/C17H20N2O5S/c1-3-13(14-7-5-4-6-8-14)12-18-25(22,23)15-9-10-17(24-2)16(11-15)19(20)21/h4-11,13,18H,3,12H2,1-2H3. The number of ether oxygens (including phenoxy) is 1. The Morgan fingerprint density at radius 2 is 1.88 bits per heavy atom. The maximum atomic E-state index is 12.5. The van der Waals surface area contributed by atoms with Crippen LogP contribution in [0.3, 0.4) is 0 Å². The summed E-state index contributed by atoms with van der Waals surface area (Å²) in [4.78, 5) is 10.2. The number of nitro groups is 1. The van der Waals surface area contributed by atoms with Crippen molar-refractivity contribution in [3.63, 3.8) is 0 Å². The van der Waals surface area contributed by atoms with Gasteiger partial charge in [-0.15, -0.1) is 0 Å². The Labute approximate surface area is 146 Å². The predicted octanol–water partition coefficient (Wildman–Crippen LogP) is 3.08. The van der Waals surface area contributed by atoms with Crippen LogP contribution in [0.5, 0.6) is 5.75 Å². The molecular weight excluding hydrogens is 344 g/mol. The first kappa shape index (κ1) is 18.9. The van der Waals surface area contributed by atoms with Crippen LogP contribution in [0.25, 0.3) is 0 Å². The van der Waals surface area contributed by atoms with Crippen molar-refractivity contribution in [1.82, 2.24) is 4.72 Å². The highest BCUT2D eigenvalue weighted by atomic mass is 32.2. The van der Waals surface area contributed by atoms with Gasteiger partial charge in [-0.2, -0.15) is 0 Å². The topological polar surface area (TPSA) is 98.5 Å². The summed E-state index contributed by atoms with van der Waals surface area (Å²) in [7, 11) is -2.57. The summed E-state index contributed by atoms with van der Waals surface area (Å²) in [5.41, 5.74) is 0.647. The summed E-state index contributed by atoms with van der Waals surface area (Å²) in [6.07, 6.45) is 0.759. The van der Waals surface area contributed by atoms with Crippen molar-refractivity contribution in [2.24, 2.45) is 0 Å². The fourth-order valence-electron chi connectivity index (χ4n) is 2.50. The van der Waals surface area contributed by atoms with E-state index in [1.165, 1.54) is 19.2 Å². The van der Waals surface area contributed by atoms with E-state index in [4.69, 9.17) is 4.74 Å². The van der Waals surface area contributed by atoms with E-state index in [2.05, 4.69) is 4.72 Å². The van der Waals surface area contributed by atoms with E-state index in [0.29, 0.717) is 0 Å². The molecular formula is C17H20N2O5S. The number of nitrogens with one attached hydrogen (secondary N) is 1. The SMILES string of the molecule is CCC(CNS(=O)(=O)c1ccc(OC)c([N+](=O)[O-])c1)c1ccccc1. The normalized spacial score (nSPS) is 12.6. The van der Waals surface area contributed by atoms with Gasteiger partial charge >= 0.3 is 5.69 Å². The minimum Gasteiger partial charge on any atom is -0.490 e. The van der Waals surface area contributed by atoms with Gasteiger partial charge in [0.15, 0.2) is 5.75 Å². The lowest BCUT2D eigenvalue weighted by molar-refractivity contribution is -0.386. The highest BCUT2D eigenvalue weighted by Crippen LogP contribution is 2.29. The molecule has 0 radical (unpaired) electrons. The van der Waals surface area contributed by atoms with Gasteiger partial charge < -0.3 is 4.74 Å². The molecule has 0 amide bonds. The maximum Gasteiger partial charge on any atom is 0.312 e. The first-order chi connectivity index (χ1) is 11.9. The van der Waals surface area contributed by atoms with E-state index in [1.807, 2.05) is 37.3 Å². The van der Waals surface area contributed by atoms with Gasteiger partial charge in [0.25, 0.3) is 0 Å². The van der Waals surface area contributed by atoms with Gasteiger partial charge in [0.2, 0.25) is 10.0 Å². The molecule has 0 fully saturated rings. The van der Waals surface area contributed by atoms with Crippen molar-refractivity contribution in [3.05, 3.63) is 64.2 Å². The van der Waals surface area contributed by atoms with E-state index in [1.54, 1.807) is 0 Å². The lowest BCUT2D eigenvalue weighted by atomic mass is 9.97. The number of nitrogens with zero attached hydrogens (tertiary/aromatic N) is 1. The zero-order valence-corrected chi connectivity index (χ0v) is 14.8. The van der Waals surface area contributed by atoms with E-state index >= 15 is 0 Å². The van der Waals surface area contributed by atoms with Crippen LogP contribution in [-0.4, -0.2) is 27.0 Å². The third kappa shape index (κ3) is 4.55. The molecule has 0 saturated carbocycles. The van der Waals surface area contributed by atoms with E-state index in [9.17, 15) is 18.5 Å². The lowest BCUT2D eigenvalue weighted by Gasteiger charge is -2.16. The second kappa shape index (κ2) is 8.09. The lowest BCUT2D eigenvalue weighted by Crippen LogP contribution is -2.28. The summed E-state index contributed by atoms with van der Waals surface area (Å²) >= 11 is 0. The number of sulfonamides is 1. The molecule has 7 nitrogen and oxygen atoms in total. The van der Waals surface area contributed by atoms with Crippen LogP contribution >= 0.6 is 0 Å². The third-order valence-corrected chi connectivity index (χ3v) is 5.36. The summed E-state index contributed by atoms with van der Waals surface area (Å²) in [5, 5.41) is 11.1. The predicted molar refractivity (Wildman–Crippen MR) is 94.3 cm³/mol. The fraction of sp³-hybridized carbons (Fsp3) is 0.294. The Morgan fingerprint density at radius 3 is 2.44 bits per heavy atom. The molecule has 0 saturated heterocycles. The number of methoxy groups -OCH3 is 1. The summed E-state index contributed by atoms with van der Waals surface area (Å²) < 4.78 is 32.4. The Hall–Kier alpha value is -2.45. The molecule has 8 heteroatoms. The molecule has 0 aromatic heterocycles. The van der Waals surface area contributed by atoms with Crippen molar-refractivity contribution in [3.8, 4) is 5.75 Å². The van der Waals surface area contributed by atoms with Gasteiger partial charge in [-0.05, 0) is 30.0 Å². The number of rotatable bonds is 8. The Morgan fingerprint density at radius 1 is 1.20 bits per heavy atom. The number of hydrogen-bond acceptors (Lipinski definition) is 5. The molecule has 25 heavy (non-hydrogen) atoms. The maximum absolute atomic E-state index is 12.5. The summed E-state index contributed by atoms with van der Waals surface area (Å²) in [6, 6.07) is 13.2. The van der Waals surface area contributed by atoms with Crippen LogP contribution in [0.2, 0.25) is 0 Å². The minimum absolute atomic E-state index is 0.0136. The van der Waals surface area contributed by atoms with Crippen LogP contribution in [0.4, 0.5) is 5.69 Å². The van der Waals surface area contributed by atoms with Crippen LogP contribution in [0.1, 0.15) is 24.8 Å². The van der Waals surface area contributed by atoms with Crippen molar-refractivity contribution in [2.45, 2.75) is 24.2 Å². The molecule has 0 spiro atoms. The molecule has 1 unspecified atom stereocenters. The molecule has 0 aliphatic heterocycles. The number of nitro benzene ring substituents is 1. The van der Waals surface area contributed by atoms with Gasteiger partial charge in [0.05, 0.1) is 16.9 Å². The third-order valence-electron chi connectivity index (χ3n) is 3.94. The molecule has 0 aliphatic carbocycles. The molecule has 2 aromatic rings. The Bertz CT molecular complexity index is 837. The Kier molecular flexibility index (Phi) is 6.11. The first-order valence-corrected chi connectivity index (χ1v) is 9.24. The average Bonchev–Trinajstić information content (AvgIpc) is 2.62. The van der Waals surface area contributed by atoms with Gasteiger partial charge in [-0.1, -0.05) is 37.3 Å². The smallest absolute Gasteiger partial charge is 0.312 e. The summed E-state index contributed by atoms with van der Waals surface area (Å²) in [6.45, 7) is 2.19. The molecule has 0 heterocycles. The summed E-state index contributed by atoms with van der Waals surface area (Å²) in [5.74, 6) is 0.0314. The van der Waals surface area contributed by atoms with Crippen LogP contribution in [0, 0.1) is 10.1 Å². The zero-order chi connectivity index (χ0) is 18.4. The molecule has 134 valence electrons. The highest BCUT2D eigenvalue weighted by molar-refractivity contribution is 7.89. The minimum atomic E-state index is -3.86. The second-order valence-electron chi connectivity index (χ2n) is 5.46. The van der Waals surface area contributed by atoms with Crippen LogP contribution < -0.4 is 9.46 Å². The molecule has 0 bridgehead atoms. The monoisotopic (exact) mass is 364 g/mol. The number of benzene rings is 2. The van der Waals surface area contributed by atoms with Crippen molar-refractivity contribution in [1.29, 1.82) is 0 Å². The second-order valence-corrected chi connectivity index (χ2v) is 7.23. The zero-order valence-electron chi connectivity index (χ0n) is 14.0. The van der Waals surface area contributed by atoms with E-state index in [0.717, 1.165) is 18.1 Å². The Balaban J connectivity index is 2.21. The largest absolute Gasteiger partial charge is 0.490 e.